The van der Waals surface area contributed by atoms with Crippen LogP contribution in [-0.2, 0) is 45.8 Å². The number of hydrogen-bond donors (Lipinski definition) is 0. The molecule has 4 heterocycles. The van der Waals surface area contributed by atoms with Crippen molar-refractivity contribution in [3.8, 4) is 39.6 Å². The van der Waals surface area contributed by atoms with E-state index in [2.05, 4.69) is 216 Å². The van der Waals surface area contributed by atoms with Gasteiger partial charge in [0.2, 0.25) is 0 Å². The van der Waals surface area contributed by atoms with Gasteiger partial charge in [0.05, 0.1) is 11.4 Å². The number of fused-ring (bicyclic) bond motifs is 6. The molecule has 4 aromatic heterocycles. The van der Waals surface area contributed by atoms with Gasteiger partial charge in [0.1, 0.15) is 5.58 Å². The molecule has 0 N–H and O–H groups in total. The zero-order valence-electron chi connectivity index (χ0n) is 48.3. The van der Waals surface area contributed by atoms with E-state index in [4.69, 9.17) is 14.4 Å². The maximum absolute atomic E-state index is 6.63. The Morgan fingerprint density at radius 2 is 1.26 bits per heavy atom. The maximum atomic E-state index is 6.63. The minimum atomic E-state index is 0. The average molecular weight is 1250 g/mol. The molecule has 6 heteroatoms. The normalized spacial score (nSPS) is 13.5. The smallest absolute Gasteiger partial charge is 0.501 e. The second kappa shape index (κ2) is 24.4. The van der Waals surface area contributed by atoms with Crippen LogP contribution in [0.2, 0.25) is 0 Å². The Hall–Kier alpha value is -7.76. The first-order chi connectivity index (χ1) is 39.4. The monoisotopic (exact) mass is 1250 g/mol. The minimum Gasteiger partial charge on any atom is -0.501 e. The van der Waals surface area contributed by atoms with Crippen LogP contribution in [0, 0.1) is 30.5 Å². The molecule has 1 fully saturated rings. The number of imidazole rings is 1. The number of pyridine rings is 2. The summed E-state index contributed by atoms with van der Waals surface area (Å²) in [7, 11) is 0. The third kappa shape index (κ3) is 12.1. The molecule has 0 atom stereocenters. The Balaban J connectivity index is 0.000000171. The van der Waals surface area contributed by atoms with Crippen molar-refractivity contribution in [3.05, 3.63) is 251 Å². The van der Waals surface area contributed by atoms with E-state index in [1.54, 1.807) is 5.56 Å². The number of hydrogen-bond acceptors (Lipinski definition) is 4. The maximum Gasteiger partial charge on any atom is 3.00 e. The van der Waals surface area contributed by atoms with E-state index in [-0.39, 0.29) is 20.1 Å². The fourth-order valence-corrected chi connectivity index (χ4v) is 12.2. The van der Waals surface area contributed by atoms with Crippen LogP contribution in [0.25, 0.3) is 83.1 Å². The van der Waals surface area contributed by atoms with Gasteiger partial charge in [-0.2, -0.15) is 0 Å². The van der Waals surface area contributed by atoms with Gasteiger partial charge < -0.3 is 19.0 Å². The van der Waals surface area contributed by atoms with Gasteiger partial charge in [-0.1, -0.05) is 163 Å². The van der Waals surface area contributed by atoms with Crippen molar-refractivity contribution < 1.29 is 24.5 Å². The third-order valence-corrected chi connectivity index (χ3v) is 16.9. The SMILES string of the molecule is CC(C)c1cccc(C(C)C)c1-n1ccnc1-c1[c-]ccc2c1oc1cc3c(ccc4ccccc43)cc12.Cc1c[c-]c(-c2ccc(CCc3cc(CCc4c[c-]c(-c5ccccn5)cc4)cc(C4CCC(C)(C)CC4)c3)cn2)cc1.[Ir+3]. The Labute approximate surface area is 498 Å². The summed E-state index contributed by atoms with van der Waals surface area (Å²) >= 11 is 0. The van der Waals surface area contributed by atoms with Gasteiger partial charge in [0.15, 0.2) is 0 Å². The first-order valence-electron chi connectivity index (χ1n) is 29.2. The van der Waals surface area contributed by atoms with Gasteiger partial charge >= 0.3 is 20.1 Å². The van der Waals surface area contributed by atoms with Gasteiger partial charge in [-0.05, 0) is 153 Å². The molecule has 410 valence electrons. The summed E-state index contributed by atoms with van der Waals surface area (Å²) in [6, 6.07) is 69.0. The van der Waals surface area contributed by atoms with Gasteiger partial charge in [-0.3, -0.25) is 4.98 Å². The summed E-state index contributed by atoms with van der Waals surface area (Å²) in [6.45, 7) is 15.9. The molecule has 5 nitrogen and oxygen atoms in total. The van der Waals surface area contributed by atoms with Crippen molar-refractivity contribution in [2.45, 2.75) is 118 Å². The standard InChI is InChI=1S/C41H42N2.C35H29N2O.Ir/c1-30-7-16-36(17-8-30)40-20-15-32(29-43-40)10-12-34-26-33(27-38(28-34)35-21-23-41(2,3)24-22-35)11-9-31-13-18-37(19-14-31)39-6-4-5-25-42-39;1-21(2)25-11-7-12-26(22(3)4)33(25)37-18-17-36-35(37)29-14-8-13-28-31-19-24-16-15-23-9-5-6-10-27(23)30(24)20-32(31)38-34(28)29;/h4-8,13-16,18,20,25-29,35H,9-12,21-24H2,1-3H3;5-13,15-22H,1-4H3;/q-2;-1;+3. The van der Waals surface area contributed by atoms with Crippen LogP contribution in [0.1, 0.15) is 129 Å². The number of benzene rings is 8. The number of nitrogens with zero attached hydrogens (tertiary/aromatic N) is 4. The molecule has 13 rings (SSSR count). The second-order valence-electron chi connectivity index (χ2n) is 23.9. The van der Waals surface area contributed by atoms with Crippen molar-refractivity contribution in [2.24, 2.45) is 5.41 Å². The summed E-state index contributed by atoms with van der Waals surface area (Å²) in [5.74, 6) is 2.28. The molecule has 8 aromatic carbocycles. The molecule has 1 saturated carbocycles. The molecule has 0 radical (unpaired) electrons. The van der Waals surface area contributed by atoms with E-state index in [9.17, 15) is 0 Å². The van der Waals surface area contributed by atoms with Crippen molar-refractivity contribution in [1.82, 2.24) is 19.5 Å². The summed E-state index contributed by atoms with van der Waals surface area (Å²) in [4.78, 5) is 14.1. The molecular formula is C76H71IrN4O. The van der Waals surface area contributed by atoms with Crippen LogP contribution in [0.15, 0.2) is 193 Å². The number of aromatic nitrogens is 4. The molecule has 1 aliphatic carbocycles. The van der Waals surface area contributed by atoms with Gasteiger partial charge in [-0.25, -0.2) is 0 Å². The van der Waals surface area contributed by atoms with Crippen molar-refractivity contribution in [3.63, 3.8) is 0 Å². The molecule has 0 unspecified atom stereocenters. The predicted octanol–water partition coefficient (Wildman–Crippen LogP) is 19.8. The third-order valence-electron chi connectivity index (χ3n) is 16.9. The number of aryl methyl sites for hydroxylation is 5. The summed E-state index contributed by atoms with van der Waals surface area (Å²) in [6.07, 6.45) is 17.1. The van der Waals surface area contributed by atoms with Gasteiger partial charge in [0.25, 0.3) is 0 Å². The Kier molecular flexibility index (Phi) is 16.7. The van der Waals surface area contributed by atoms with Crippen molar-refractivity contribution in [1.29, 1.82) is 0 Å². The first-order valence-corrected chi connectivity index (χ1v) is 29.2. The van der Waals surface area contributed by atoms with E-state index >= 15 is 0 Å². The van der Waals surface area contributed by atoms with Crippen molar-refractivity contribution in [2.75, 3.05) is 0 Å². The molecule has 0 amide bonds. The summed E-state index contributed by atoms with van der Waals surface area (Å²) < 4.78 is 8.86. The molecule has 0 spiro atoms. The zero-order valence-corrected chi connectivity index (χ0v) is 50.7. The van der Waals surface area contributed by atoms with Crippen LogP contribution >= 0.6 is 0 Å². The van der Waals surface area contributed by atoms with Gasteiger partial charge in [-0.15, -0.1) is 89.0 Å². The number of furan rings is 1. The Morgan fingerprint density at radius 1 is 0.573 bits per heavy atom. The summed E-state index contributed by atoms with van der Waals surface area (Å²) in [5, 5.41) is 7.08. The molecule has 0 aliphatic heterocycles. The molecule has 1 aliphatic rings. The van der Waals surface area contributed by atoms with Crippen LogP contribution < -0.4 is 0 Å². The van der Waals surface area contributed by atoms with E-state index in [1.807, 2.05) is 48.9 Å². The second-order valence-corrected chi connectivity index (χ2v) is 23.9. The van der Waals surface area contributed by atoms with E-state index < -0.39 is 0 Å². The van der Waals surface area contributed by atoms with Crippen LogP contribution in [0.5, 0.6) is 0 Å². The molecule has 82 heavy (non-hydrogen) atoms. The Morgan fingerprint density at radius 3 is 1.94 bits per heavy atom. The van der Waals surface area contributed by atoms with Gasteiger partial charge in [0, 0.05) is 35.9 Å². The Bertz CT molecular complexity index is 4120. The number of para-hydroxylation sites is 1. The largest absolute Gasteiger partial charge is 3.00 e. The fourth-order valence-electron chi connectivity index (χ4n) is 12.2. The minimum absolute atomic E-state index is 0. The van der Waals surface area contributed by atoms with Crippen molar-refractivity contribution >= 4 is 43.5 Å². The topological polar surface area (TPSA) is 56.7 Å². The van der Waals surface area contributed by atoms with E-state index in [1.165, 1.54) is 91.9 Å². The van der Waals surface area contributed by atoms with Crippen LogP contribution in [0.4, 0.5) is 0 Å². The molecule has 0 bridgehead atoms. The van der Waals surface area contributed by atoms with Crippen LogP contribution in [0.3, 0.4) is 0 Å². The number of rotatable bonds is 13. The summed E-state index contributed by atoms with van der Waals surface area (Å²) in [5.41, 5.74) is 19.2. The first kappa shape index (κ1) is 56.1. The van der Waals surface area contributed by atoms with E-state index in [0.717, 1.165) is 81.5 Å². The fraction of sp³-hybridized carbons (Fsp3) is 0.250. The molecule has 12 aromatic rings. The predicted molar refractivity (Wildman–Crippen MR) is 336 cm³/mol. The molecule has 0 saturated heterocycles. The van der Waals surface area contributed by atoms with E-state index in [0.29, 0.717) is 23.2 Å². The quantitative estimate of drug-likeness (QED) is 0.0853. The zero-order chi connectivity index (χ0) is 55.6. The molecular weight excluding hydrogens is 1180 g/mol. The van der Waals surface area contributed by atoms with Crippen LogP contribution in [-0.4, -0.2) is 19.5 Å². The average Bonchev–Trinajstić information content (AvgIpc) is 4.34.